The number of benzene rings is 1. The van der Waals surface area contributed by atoms with Gasteiger partial charge in [0.1, 0.15) is 5.75 Å². The number of β-amino-alcohol motifs (C(OH)–C–C–N with tert-alkyl or cyclic N) is 1. The minimum Gasteiger partial charge on any atom is -0.496 e. The van der Waals surface area contributed by atoms with Crippen molar-refractivity contribution in [1.29, 1.82) is 0 Å². The van der Waals surface area contributed by atoms with Gasteiger partial charge >= 0.3 is 0 Å². The van der Waals surface area contributed by atoms with E-state index in [0.717, 1.165) is 24.3 Å². The van der Waals surface area contributed by atoms with Crippen molar-refractivity contribution in [3.63, 3.8) is 0 Å². The molecule has 94 valence electrons. The van der Waals surface area contributed by atoms with Crippen LogP contribution in [-0.4, -0.2) is 42.9 Å². The quantitative estimate of drug-likeness (QED) is 0.896. The molecule has 1 heterocycles. The molecule has 0 spiro atoms. The van der Waals surface area contributed by atoms with Gasteiger partial charge in [-0.15, -0.1) is 0 Å². The number of rotatable bonds is 3. The summed E-state index contributed by atoms with van der Waals surface area (Å²) in [6, 6.07) is 5.52. The van der Waals surface area contributed by atoms with Gasteiger partial charge in [-0.2, -0.15) is 0 Å². The molecule has 3 nitrogen and oxygen atoms in total. The summed E-state index contributed by atoms with van der Waals surface area (Å²) in [6.07, 6.45) is 1.38. The predicted octanol–water partition coefficient (Wildman–Crippen LogP) is 1.96. The number of aliphatic hydroxyl groups is 1. The van der Waals surface area contributed by atoms with E-state index in [-0.39, 0.29) is 0 Å². The first-order valence-corrected chi connectivity index (χ1v) is 6.13. The number of halogens is 1. The van der Waals surface area contributed by atoms with Crippen LogP contribution in [0.15, 0.2) is 18.2 Å². The molecule has 4 heteroatoms. The van der Waals surface area contributed by atoms with Crippen molar-refractivity contribution in [3.8, 4) is 5.75 Å². The Balaban J connectivity index is 2.20. The van der Waals surface area contributed by atoms with Crippen molar-refractivity contribution in [1.82, 2.24) is 4.90 Å². The van der Waals surface area contributed by atoms with Crippen molar-refractivity contribution in [2.45, 2.75) is 18.4 Å². The van der Waals surface area contributed by atoms with E-state index in [1.165, 1.54) is 0 Å². The van der Waals surface area contributed by atoms with E-state index in [4.69, 9.17) is 16.3 Å². The fourth-order valence-corrected chi connectivity index (χ4v) is 2.64. The molecule has 1 saturated heterocycles. The number of methoxy groups -OCH3 is 1. The number of likely N-dealkylation sites (tertiary alicyclic amines) is 1. The zero-order chi connectivity index (χ0) is 12.5. The van der Waals surface area contributed by atoms with Gasteiger partial charge in [-0.05, 0) is 37.2 Å². The van der Waals surface area contributed by atoms with Gasteiger partial charge in [0.05, 0.1) is 12.7 Å². The number of likely N-dealkylation sites (N-methyl/N-ethyl adjacent to an activating group) is 1. The Morgan fingerprint density at radius 1 is 1.53 bits per heavy atom. The lowest BCUT2D eigenvalue weighted by molar-refractivity contribution is 0.0517. The molecule has 0 radical (unpaired) electrons. The Kier molecular flexibility index (Phi) is 3.61. The van der Waals surface area contributed by atoms with Crippen LogP contribution in [-0.2, 0) is 6.42 Å². The molecule has 0 bridgehead atoms. The smallest absolute Gasteiger partial charge is 0.122 e. The van der Waals surface area contributed by atoms with Crippen LogP contribution in [0.4, 0.5) is 0 Å². The van der Waals surface area contributed by atoms with Crippen molar-refractivity contribution in [3.05, 3.63) is 28.8 Å². The van der Waals surface area contributed by atoms with Gasteiger partial charge in [-0.3, -0.25) is 0 Å². The molecule has 1 aromatic carbocycles. The molecule has 1 atom stereocenters. The molecule has 1 aliphatic heterocycles. The summed E-state index contributed by atoms with van der Waals surface area (Å²) in [5.74, 6) is 0.789. The van der Waals surface area contributed by atoms with Crippen LogP contribution in [0.25, 0.3) is 0 Å². The Hall–Kier alpha value is -0.770. The molecule has 1 fully saturated rings. The zero-order valence-electron chi connectivity index (χ0n) is 10.2. The largest absolute Gasteiger partial charge is 0.496 e. The zero-order valence-corrected chi connectivity index (χ0v) is 11.0. The second kappa shape index (κ2) is 4.84. The maximum atomic E-state index is 10.5. The maximum Gasteiger partial charge on any atom is 0.122 e. The first kappa shape index (κ1) is 12.7. The molecule has 0 saturated carbocycles. The summed E-state index contributed by atoms with van der Waals surface area (Å²) < 4.78 is 5.30. The lowest BCUT2D eigenvalue weighted by Gasteiger charge is -2.23. The molecular formula is C13H18ClNO2. The van der Waals surface area contributed by atoms with Gasteiger partial charge in [0.2, 0.25) is 0 Å². The minimum absolute atomic E-state index is 0.584. The van der Waals surface area contributed by atoms with Crippen molar-refractivity contribution in [2.24, 2.45) is 0 Å². The minimum atomic E-state index is -0.660. The average Bonchev–Trinajstić information content (AvgIpc) is 2.59. The fourth-order valence-electron chi connectivity index (χ4n) is 2.44. The number of nitrogens with zero attached hydrogens (tertiary/aromatic N) is 1. The molecule has 17 heavy (non-hydrogen) atoms. The third-order valence-electron chi connectivity index (χ3n) is 3.29. The Bertz CT molecular complexity index is 410. The van der Waals surface area contributed by atoms with E-state index in [2.05, 4.69) is 4.90 Å². The van der Waals surface area contributed by atoms with Crippen LogP contribution in [0, 0.1) is 0 Å². The molecule has 0 aromatic heterocycles. The first-order chi connectivity index (χ1) is 8.02. The molecule has 2 rings (SSSR count). The van der Waals surface area contributed by atoms with E-state index in [0.29, 0.717) is 18.0 Å². The summed E-state index contributed by atoms with van der Waals surface area (Å²) in [5.41, 5.74) is 0.310. The third kappa shape index (κ3) is 2.92. The van der Waals surface area contributed by atoms with Crippen molar-refractivity contribution >= 4 is 11.6 Å². The third-order valence-corrected chi connectivity index (χ3v) is 3.52. The van der Waals surface area contributed by atoms with E-state index >= 15 is 0 Å². The lowest BCUT2D eigenvalue weighted by atomic mass is 9.93. The molecule has 1 N–H and O–H groups in total. The fraction of sp³-hybridized carbons (Fsp3) is 0.538. The number of hydrogen-bond acceptors (Lipinski definition) is 3. The lowest BCUT2D eigenvalue weighted by Crippen LogP contribution is -2.34. The highest BCUT2D eigenvalue weighted by Crippen LogP contribution is 2.30. The molecule has 1 aliphatic rings. The number of hydrogen-bond donors (Lipinski definition) is 1. The molecule has 1 aromatic rings. The van der Waals surface area contributed by atoms with Crippen LogP contribution in [0.5, 0.6) is 5.75 Å². The Labute approximate surface area is 107 Å². The SMILES string of the molecule is COc1ccc(Cl)cc1CC1(O)CCN(C)C1. The van der Waals surface area contributed by atoms with Gasteiger partial charge < -0.3 is 14.7 Å². The van der Waals surface area contributed by atoms with E-state index in [9.17, 15) is 5.11 Å². The van der Waals surface area contributed by atoms with Crippen molar-refractivity contribution in [2.75, 3.05) is 27.2 Å². The van der Waals surface area contributed by atoms with E-state index < -0.39 is 5.60 Å². The second-order valence-electron chi connectivity index (χ2n) is 4.85. The highest BCUT2D eigenvalue weighted by atomic mass is 35.5. The predicted molar refractivity (Wildman–Crippen MR) is 68.8 cm³/mol. The summed E-state index contributed by atoms with van der Waals surface area (Å²) in [4.78, 5) is 2.14. The van der Waals surface area contributed by atoms with Gasteiger partial charge in [0.15, 0.2) is 0 Å². The maximum absolute atomic E-state index is 10.5. The summed E-state index contributed by atoms with van der Waals surface area (Å²) in [5, 5.41) is 11.2. The second-order valence-corrected chi connectivity index (χ2v) is 5.28. The highest BCUT2D eigenvalue weighted by molar-refractivity contribution is 6.30. The van der Waals surface area contributed by atoms with Gasteiger partial charge in [0.25, 0.3) is 0 Å². The normalized spacial score (nSPS) is 25.2. The molecular weight excluding hydrogens is 238 g/mol. The topological polar surface area (TPSA) is 32.7 Å². The first-order valence-electron chi connectivity index (χ1n) is 5.76. The average molecular weight is 256 g/mol. The molecule has 0 amide bonds. The Morgan fingerprint density at radius 3 is 2.88 bits per heavy atom. The van der Waals surface area contributed by atoms with Crippen LogP contribution in [0.2, 0.25) is 5.02 Å². The van der Waals surface area contributed by atoms with Crippen LogP contribution < -0.4 is 4.74 Å². The standard InChI is InChI=1S/C13H18ClNO2/c1-15-6-5-13(16,9-15)8-10-7-11(14)3-4-12(10)17-2/h3-4,7,16H,5-6,8-9H2,1-2H3. The summed E-state index contributed by atoms with van der Waals surface area (Å²) in [7, 11) is 3.66. The molecule has 1 unspecified atom stereocenters. The molecule has 0 aliphatic carbocycles. The van der Waals surface area contributed by atoms with Crippen LogP contribution in [0.3, 0.4) is 0 Å². The van der Waals surface area contributed by atoms with Crippen LogP contribution >= 0.6 is 11.6 Å². The van der Waals surface area contributed by atoms with E-state index in [1.807, 2.05) is 19.2 Å². The van der Waals surface area contributed by atoms with Crippen molar-refractivity contribution < 1.29 is 9.84 Å². The summed E-state index contributed by atoms with van der Waals surface area (Å²) in [6.45, 7) is 1.63. The van der Waals surface area contributed by atoms with Crippen LogP contribution in [0.1, 0.15) is 12.0 Å². The Morgan fingerprint density at radius 2 is 2.29 bits per heavy atom. The van der Waals surface area contributed by atoms with Gasteiger partial charge in [-0.25, -0.2) is 0 Å². The van der Waals surface area contributed by atoms with Gasteiger partial charge in [0, 0.05) is 24.5 Å². The summed E-state index contributed by atoms with van der Waals surface area (Å²) >= 11 is 5.99. The monoisotopic (exact) mass is 255 g/mol. The highest BCUT2D eigenvalue weighted by Gasteiger charge is 2.35. The van der Waals surface area contributed by atoms with Gasteiger partial charge in [-0.1, -0.05) is 11.6 Å². The van der Waals surface area contributed by atoms with E-state index in [1.54, 1.807) is 13.2 Å². The number of ether oxygens (including phenoxy) is 1.